The first-order valence-electron chi connectivity index (χ1n) is 5.60. The van der Waals surface area contributed by atoms with Crippen LogP contribution in [-0.4, -0.2) is 32.5 Å². The topological polar surface area (TPSA) is 78.9 Å². The number of rotatable bonds is 5. The van der Waals surface area contributed by atoms with Gasteiger partial charge in [0, 0.05) is 13.2 Å². The number of methoxy groups -OCH3 is 1. The lowest BCUT2D eigenvalue weighted by atomic mass is 10.4. The molecule has 0 amide bonds. The minimum atomic E-state index is 0.401. The van der Waals surface area contributed by atoms with E-state index in [0.717, 1.165) is 10.6 Å². The third-order valence-corrected chi connectivity index (χ3v) is 3.26. The highest BCUT2D eigenvalue weighted by Crippen LogP contribution is 2.19. The van der Waals surface area contributed by atoms with Gasteiger partial charge in [-0.05, 0) is 16.7 Å². The van der Waals surface area contributed by atoms with E-state index in [1.807, 2.05) is 23.6 Å². The van der Waals surface area contributed by atoms with Crippen molar-refractivity contribution in [2.24, 2.45) is 0 Å². The van der Waals surface area contributed by atoms with Gasteiger partial charge in [0.15, 0.2) is 5.76 Å². The summed E-state index contributed by atoms with van der Waals surface area (Å²) in [7, 11) is 1.61. The van der Waals surface area contributed by atoms with Crippen LogP contribution in [0.15, 0.2) is 28.1 Å². The smallest absolute Gasteiger partial charge is 0.214 e. The Morgan fingerprint density at radius 1 is 1.47 bits per heavy atom. The molecule has 0 aromatic carbocycles. The molecule has 0 aliphatic heterocycles. The normalized spacial score (nSPS) is 11.0. The van der Waals surface area contributed by atoms with E-state index in [-0.39, 0.29) is 0 Å². The molecule has 19 heavy (non-hydrogen) atoms. The van der Waals surface area contributed by atoms with Gasteiger partial charge in [0.2, 0.25) is 5.82 Å². The van der Waals surface area contributed by atoms with Gasteiger partial charge >= 0.3 is 0 Å². The minimum Gasteiger partial charge on any atom is -0.377 e. The summed E-state index contributed by atoms with van der Waals surface area (Å²) in [6, 6.07) is 5.73. The van der Waals surface area contributed by atoms with Gasteiger partial charge in [-0.25, -0.2) is 0 Å². The number of thiophene rings is 1. The van der Waals surface area contributed by atoms with Crippen molar-refractivity contribution >= 4 is 11.3 Å². The molecule has 0 fully saturated rings. The zero-order valence-electron chi connectivity index (χ0n) is 10.2. The number of tetrazole rings is 1. The predicted molar refractivity (Wildman–Crippen MR) is 67.4 cm³/mol. The van der Waals surface area contributed by atoms with Crippen molar-refractivity contribution in [1.82, 2.24) is 25.4 Å². The Hall–Kier alpha value is -2.06. The van der Waals surface area contributed by atoms with Crippen molar-refractivity contribution in [1.29, 1.82) is 0 Å². The Bertz CT molecular complexity index is 646. The lowest BCUT2D eigenvalue weighted by molar-refractivity contribution is 0.155. The van der Waals surface area contributed by atoms with Crippen LogP contribution in [0.4, 0.5) is 0 Å². The molecule has 8 heteroatoms. The van der Waals surface area contributed by atoms with E-state index in [1.165, 1.54) is 4.80 Å². The van der Waals surface area contributed by atoms with E-state index in [4.69, 9.17) is 9.26 Å². The Kier molecular flexibility index (Phi) is 3.34. The van der Waals surface area contributed by atoms with Crippen molar-refractivity contribution < 1.29 is 9.26 Å². The van der Waals surface area contributed by atoms with Gasteiger partial charge in [0.05, 0.1) is 4.88 Å². The van der Waals surface area contributed by atoms with Crippen molar-refractivity contribution in [3.8, 4) is 10.7 Å². The zero-order chi connectivity index (χ0) is 13.1. The average Bonchev–Trinajstić information content (AvgIpc) is 3.10. The van der Waals surface area contributed by atoms with Crippen LogP contribution in [-0.2, 0) is 17.9 Å². The molecule has 0 N–H and O–H groups in total. The lowest BCUT2D eigenvalue weighted by Gasteiger charge is -1.91. The largest absolute Gasteiger partial charge is 0.377 e. The maximum atomic E-state index is 5.09. The Morgan fingerprint density at radius 2 is 2.42 bits per heavy atom. The van der Waals surface area contributed by atoms with E-state index in [0.29, 0.717) is 24.7 Å². The number of nitrogens with zero attached hydrogens (tertiary/aromatic N) is 5. The minimum absolute atomic E-state index is 0.401. The summed E-state index contributed by atoms with van der Waals surface area (Å²) in [4.78, 5) is 2.48. The Morgan fingerprint density at radius 3 is 3.21 bits per heavy atom. The van der Waals surface area contributed by atoms with Gasteiger partial charge in [-0.15, -0.1) is 21.5 Å². The van der Waals surface area contributed by atoms with E-state index in [9.17, 15) is 0 Å². The van der Waals surface area contributed by atoms with E-state index >= 15 is 0 Å². The summed E-state index contributed by atoms with van der Waals surface area (Å²) in [5, 5.41) is 18.2. The van der Waals surface area contributed by atoms with Crippen LogP contribution in [0.25, 0.3) is 10.7 Å². The van der Waals surface area contributed by atoms with Crippen LogP contribution in [0.2, 0.25) is 0 Å². The van der Waals surface area contributed by atoms with Crippen LogP contribution in [0.1, 0.15) is 11.5 Å². The zero-order valence-corrected chi connectivity index (χ0v) is 11.0. The second-order valence-corrected chi connectivity index (χ2v) is 4.79. The lowest BCUT2D eigenvalue weighted by Crippen LogP contribution is -2.04. The molecule has 0 radical (unpaired) electrons. The summed E-state index contributed by atoms with van der Waals surface area (Å²) in [6.45, 7) is 0.823. The van der Waals surface area contributed by atoms with Crippen LogP contribution in [0.5, 0.6) is 0 Å². The number of hydrogen-bond donors (Lipinski definition) is 0. The standard InChI is InChI=1S/C11H11N5O2S/c1-17-7-9-5-8(14-18-9)6-16-13-11(12-15-16)10-3-2-4-19-10/h2-5H,6-7H2,1H3. The quantitative estimate of drug-likeness (QED) is 0.704. The molecule has 0 spiro atoms. The van der Waals surface area contributed by atoms with Crippen LogP contribution in [0.3, 0.4) is 0 Å². The second-order valence-electron chi connectivity index (χ2n) is 3.84. The molecule has 0 aliphatic carbocycles. The van der Waals surface area contributed by atoms with Gasteiger partial charge in [0.25, 0.3) is 0 Å². The highest BCUT2D eigenvalue weighted by Gasteiger charge is 2.09. The van der Waals surface area contributed by atoms with Crippen molar-refractivity contribution in [3.63, 3.8) is 0 Å². The third kappa shape index (κ3) is 2.69. The fourth-order valence-electron chi connectivity index (χ4n) is 1.60. The van der Waals surface area contributed by atoms with E-state index < -0.39 is 0 Å². The first kappa shape index (κ1) is 12.0. The van der Waals surface area contributed by atoms with Gasteiger partial charge in [-0.1, -0.05) is 11.2 Å². The summed E-state index contributed by atoms with van der Waals surface area (Å²) >= 11 is 1.58. The maximum absolute atomic E-state index is 5.09. The molecule has 0 atom stereocenters. The summed E-state index contributed by atoms with van der Waals surface area (Å²) in [6.07, 6.45) is 0. The van der Waals surface area contributed by atoms with E-state index in [1.54, 1.807) is 18.4 Å². The molecular formula is C11H11N5O2S. The molecule has 98 valence electrons. The highest BCUT2D eigenvalue weighted by atomic mass is 32.1. The first-order chi connectivity index (χ1) is 9.35. The third-order valence-electron chi connectivity index (χ3n) is 2.39. The number of hydrogen-bond acceptors (Lipinski definition) is 7. The first-order valence-corrected chi connectivity index (χ1v) is 6.48. The molecule has 3 heterocycles. The summed E-state index contributed by atoms with van der Waals surface area (Å²) < 4.78 is 10.1. The highest BCUT2D eigenvalue weighted by molar-refractivity contribution is 7.13. The molecular weight excluding hydrogens is 266 g/mol. The fourth-order valence-corrected chi connectivity index (χ4v) is 2.25. The van der Waals surface area contributed by atoms with Gasteiger partial charge in [-0.2, -0.15) is 4.80 Å². The average molecular weight is 277 g/mol. The van der Waals surface area contributed by atoms with Gasteiger partial charge < -0.3 is 9.26 Å². The molecule has 0 unspecified atom stereocenters. The molecule has 7 nitrogen and oxygen atoms in total. The molecule has 0 bridgehead atoms. The van der Waals surface area contributed by atoms with Gasteiger partial charge in [0.1, 0.15) is 18.8 Å². The van der Waals surface area contributed by atoms with Crippen LogP contribution >= 0.6 is 11.3 Å². The van der Waals surface area contributed by atoms with Crippen molar-refractivity contribution in [2.45, 2.75) is 13.2 Å². The molecule has 3 rings (SSSR count). The maximum Gasteiger partial charge on any atom is 0.214 e. The SMILES string of the molecule is COCc1cc(Cn2nnc(-c3cccs3)n2)no1. The fraction of sp³-hybridized carbons (Fsp3) is 0.273. The van der Waals surface area contributed by atoms with Crippen LogP contribution in [0, 0.1) is 0 Å². The second kappa shape index (κ2) is 5.29. The summed E-state index contributed by atoms with van der Waals surface area (Å²) in [5.41, 5.74) is 0.738. The van der Waals surface area contributed by atoms with Crippen molar-refractivity contribution in [2.75, 3.05) is 7.11 Å². The molecule has 0 aliphatic rings. The van der Waals surface area contributed by atoms with E-state index in [2.05, 4.69) is 20.6 Å². The monoisotopic (exact) mass is 277 g/mol. The molecule has 0 saturated carbocycles. The molecule has 3 aromatic heterocycles. The Balaban J connectivity index is 1.72. The number of aromatic nitrogens is 5. The molecule has 0 saturated heterocycles. The van der Waals surface area contributed by atoms with Gasteiger partial charge in [-0.3, -0.25) is 0 Å². The molecule has 3 aromatic rings. The predicted octanol–water partition coefficient (Wildman–Crippen LogP) is 1.58. The Labute approximate surface area is 112 Å². The summed E-state index contributed by atoms with van der Waals surface area (Å²) in [5.74, 6) is 1.30. The number of ether oxygens (including phenoxy) is 1. The van der Waals surface area contributed by atoms with Crippen molar-refractivity contribution in [3.05, 3.63) is 35.0 Å². The van der Waals surface area contributed by atoms with Crippen LogP contribution < -0.4 is 0 Å².